The van der Waals surface area contributed by atoms with Gasteiger partial charge >= 0.3 is 0 Å². The molecule has 0 spiro atoms. The Bertz CT molecular complexity index is 774. The van der Waals surface area contributed by atoms with Crippen molar-refractivity contribution in [1.82, 2.24) is 0 Å². The Morgan fingerprint density at radius 3 is 2.89 bits per heavy atom. The van der Waals surface area contributed by atoms with Gasteiger partial charge in [0.2, 0.25) is 0 Å². The zero-order valence-electron chi connectivity index (χ0n) is 16.6. The maximum atomic E-state index is 12.3. The van der Waals surface area contributed by atoms with E-state index in [-0.39, 0.29) is 5.41 Å². The van der Waals surface area contributed by atoms with Gasteiger partial charge in [-0.2, -0.15) is 0 Å². The van der Waals surface area contributed by atoms with Gasteiger partial charge in [0.05, 0.1) is 0 Å². The Morgan fingerprint density at radius 1 is 1.26 bits per heavy atom. The third-order valence-corrected chi connectivity index (χ3v) is 7.53. The number of carbonyl (C=O) groups excluding carboxylic acids is 1. The minimum atomic E-state index is -0.534. The minimum Gasteiger partial charge on any atom is -0.458 e. The fraction of sp³-hybridized carbons (Fsp3) is 0.625. The topological polar surface area (TPSA) is 50.4 Å². The molecular formula is C24H32O3. The molecule has 1 heterocycles. The number of furan rings is 1. The molecule has 146 valence electrons. The molecule has 3 heteroatoms. The minimum absolute atomic E-state index is 0.214. The van der Waals surface area contributed by atoms with E-state index in [1.807, 2.05) is 30.3 Å². The first kappa shape index (κ1) is 18.7. The highest BCUT2D eigenvalue weighted by Crippen LogP contribution is 2.57. The van der Waals surface area contributed by atoms with E-state index in [0.29, 0.717) is 29.3 Å². The predicted molar refractivity (Wildman–Crippen MR) is 107 cm³/mol. The van der Waals surface area contributed by atoms with Crippen LogP contribution in [0.3, 0.4) is 0 Å². The summed E-state index contributed by atoms with van der Waals surface area (Å²) in [6, 6.07) is 9.85. The molecule has 2 fully saturated rings. The summed E-state index contributed by atoms with van der Waals surface area (Å²) in [6.07, 6.45) is 7.66. The van der Waals surface area contributed by atoms with E-state index in [9.17, 15) is 9.90 Å². The zero-order valence-corrected chi connectivity index (χ0v) is 16.6. The van der Waals surface area contributed by atoms with E-state index in [4.69, 9.17) is 4.42 Å². The summed E-state index contributed by atoms with van der Waals surface area (Å²) in [4.78, 5) is 12.3. The Hall–Kier alpha value is -1.61. The molecule has 1 N–H and O–H groups in total. The standard InChI is InChI=1S/C24H32O3/c1-16(18-12-13-19-20(25)10-6-14-24(18,19)2)7-5-9-21(26)23-15-17-8-3-4-11-22(17)27-23/h3-4,8,11,15-16,18-19,21,26H,5-7,9-10,12-14H2,1-2H3. The third kappa shape index (κ3) is 3.47. The van der Waals surface area contributed by atoms with Gasteiger partial charge in [0, 0.05) is 17.7 Å². The van der Waals surface area contributed by atoms with Crippen molar-refractivity contribution in [2.45, 2.75) is 71.3 Å². The van der Waals surface area contributed by atoms with E-state index in [1.165, 1.54) is 12.8 Å². The first-order valence-electron chi connectivity index (χ1n) is 10.7. The molecule has 1 aromatic carbocycles. The number of fused-ring (bicyclic) bond motifs is 2. The van der Waals surface area contributed by atoms with Crippen LogP contribution < -0.4 is 0 Å². The molecule has 0 bridgehead atoms. The van der Waals surface area contributed by atoms with E-state index in [0.717, 1.165) is 49.5 Å². The number of carbonyl (C=O) groups is 1. The van der Waals surface area contributed by atoms with Crippen molar-refractivity contribution in [1.29, 1.82) is 0 Å². The van der Waals surface area contributed by atoms with Crippen LogP contribution in [0.4, 0.5) is 0 Å². The maximum absolute atomic E-state index is 12.3. The summed E-state index contributed by atoms with van der Waals surface area (Å²) >= 11 is 0. The van der Waals surface area contributed by atoms with Crippen molar-refractivity contribution in [2.75, 3.05) is 0 Å². The molecule has 4 rings (SSSR count). The number of Topliss-reactive ketones (excluding diaryl/α,β-unsaturated/α-hetero) is 1. The van der Waals surface area contributed by atoms with Gasteiger partial charge in [-0.15, -0.1) is 0 Å². The van der Waals surface area contributed by atoms with Crippen molar-refractivity contribution in [3.8, 4) is 0 Å². The Morgan fingerprint density at radius 2 is 2.07 bits per heavy atom. The first-order valence-corrected chi connectivity index (χ1v) is 10.7. The number of aliphatic hydroxyl groups is 1. The molecule has 2 saturated carbocycles. The van der Waals surface area contributed by atoms with Crippen molar-refractivity contribution in [3.63, 3.8) is 0 Å². The molecule has 3 nitrogen and oxygen atoms in total. The normalized spacial score (nSPS) is 30.4. The van der Waals surface area contributed by atoms with E-state index in [2.05, 4.69) is 13.8 Å². The summed E-state index contributed by atoms with van der Waals surface area (Å²) in [6.45, 7) is 4.72. The Kier molecular flexibility index (Phi) is 5.15. The van der Waals surface area contributed by atoms with Gasteiger partial charge < -0.3 is 9.52 Å². The van der Waals surface area contributed by atoms with Crippen LogP contribution in [0, 0.1) is 23.2 Å². The van der Waals surface area contributed by atoms with E-state index in [1.54, 1.807) is 0 Å². The first-order chi connectivity index (χ1) is 13.0. The second-order valence-corrected chi connectivity index (χ2v) is 9.17. The average Bonchev–Trinajstić information content (AvgIpc) is 3.23. The third-order valence-electron chi connectivity index (χ3n) is 7.53. The summed E-state index contributed by atoms with van der Waals surface area (Å²) in [5.41, 5.74) is 1.05. The molecule has 0 aliphatic heterocycles. The molecule has 27 heavy (non-hydrogen) atoms. The number of benzene rings is 1. The van der Waals surface area contributed by atoms with Crippen LogP contribution in [0.2, 0.25) is 0 Å². The van der Waals surface area contributed by atoms with E-state index < -0.39 is 6.10 Å². The largest absolute Gasteiger partial charge is 0.458 e. The number of aliphatic hydroxyl groups excluding tert-OH is 1. The summed E-state index contributed by atoms with van der Waals surface area (Å²) in [5.74, 6) is 2.75. The lowest BCUT2D eigenvalue weighted by molar-refractivity contribution is -0.130. The van der Waals surface area contributed by atoms with Crippen LogP contribution in [0.15, 0.2) is 34.7 Å². The molecule has 0 radical (unpaired) electrons. The summed E-state index contributed by atoms with van der Waals surface area (Å²) in [5, 5.41) is 11.6. The van der Waals surface area contributed by atoms with Crippen LogP contribution in [0.1, 0.15) is 77.1 Å². The highest BCUT2D eigenvalue weighted by Gasteiger charge is 2.52. The fourth-order valence-electron chi connectivity index (χ4n) is 6.05. The lowest BCUT2D eigenvalue weighted by atomic mass is 9.62. The molecule has 5 atom stereocenters. The van der Waals surface area contributed by atoms with Crippen molar-refractivity contribution in [3.05, 3.63) is 36.1 Å². The lowest BCUT2D eigenvalue weighted by Gasteiger charge is -2.42. The van der Waals surface area contributed by atoms with Crippen molar-refractivity contribution >= 4 is 16.8 Å². The SMILES string of the molecule is CC(CCCC(O)c1cc2ccccc2o1)C1CCC2C(=O)CCCC21C. The van der Waals surface area contributed by atoms with Crippen molar-refractivity contribution < 1.29 is 14.3 Å². The van der Waals surface area contributed by atoms with Gasteiger partial charge in [-0.05, 0) is 61.5 Å². The molecule has 5 unspecified atom stereocenters. The average molecular weight is 369 g/mol. The molecule has 0 saturated heterocycles. The molecule has 2 aliphatic carbocycles. The maximum Gasteiger partial charge on any atom is 0.136 e. The van der Waals surface area contributed by atoms with Gasteiger partial charge in [0.15, 0.2) is 0 Å². The number of ketones is 1. The van der Waals surface area contributed by atoms with Crippen LogP contribution >= 0.6 is 0 Å². The van der Waals surface area contributed by atoms with E-state index >= 15 is 0 Å². The summed E-state index contributed by atoms with van der Waals surface area (Å²) < 4.78 is 5.80. The van der Waals surface area contributed by atoms with Gasteiger partial charge in [-0.3, -0.25) is 4.79 Å². The fourth-order valence-corrected chi connectivity index (χ4v) is 6.05. The van der Waals surface area contributed by atoms with Gasteiger partial charge in [-0.25, -0.2) is 0 Å². The second kappa shape index (κ2) is 7.43. The number of rotatable bonds is 6. The molecule has 2 aliphatic rings. The zero-order chi connectivity index (χ0) is 19.0. The molecule has 1 aromatic heterocycles. The van der Waals surface area contributed by atoms with Crippen LogP contribution in [-0.2, 0) is 4.79 Å². The Balaban J connectivity index is 1.33. The number of hydrogen-bond acceptors (Lipinski definition) is 3. The van der Waals surface area contributed by atoms with Crippen LogP contribution in [0.5, 0.6) is 0 Å². The molecular weight excluding hydrogens is 336 g/mol. The lowest BCUT2D eigenvalue weighted by Crippen LogP contribution is -2.39. The smallest absolute Gasteiger partial charge is 0.136 e. The molecule has 0 amide bonds. The predicted octanol–water partition coefficient (Wildman–Crippen LogP) is 6.06. The molecule has 2 aromatic rings. The van der Waals surface area contributed by atoms with Gasteiger partial charge in [0.25, 0.3) is 0 Å². The van der Waals surface area contributed by atoms with Crippen molar-refractivity contribution in [2.24, 2.45) is 23.2 Å². The summed E-state index contributed by atoms with van der Waals surface area (Å²) in [7, 11) is 0. The highest BCUT2D eigenvalue weighted by atomic mass is 16.4. The number of hydrogen-bond donors (Lipinski definition) is 1. The van der Waals surface area contributed by atoms with Gasteiger partial charge in [0.1, 0.15) is 23.2 Å². The van der Waals surface area contributed by atoms with Gasteiger partial charge in [-0.1, -0.05) is 44.9 Å². The Labute approximate surface area is 162 Å². The second-order valence-electron chi connectivity index (χ2n) is 9.17. The van der Waals surface area contributed by atoms with Crippen LogP contribution in [-0.4, -0.2) is 10.9 Å². The highest BCUT2D eigenvalue weighted by molar-refractivity contribution is 5.83. The quantitative estimate of drug-likeness (QED) is 0.674. The number of para-hydroxylation sites is 1. The monoisotopic (exact) mass is 368 g/mol. The van der Waals surface area contributed by atoms with Crippen LogP contribution in [0.25, 0.3) is 11.0 Å².